The first kappa shape index (κ1) is 32.2. The minimum atomic E-state index is -0.127. The molecule has 0 amide bonds. The maximum Gasteiger partial charge on any atom is 0.0159 e. The summed E-state index contributed by atoms with van der Waals surface area (Å²) in [5, 5.41) is 15.5. The van der Waals surface area contributed by atoms with Crippen LogP contribution in [0.3, 0.4) is 0 Å². The van der Waals surface area contributed by atoms with Crippen LogP contribution in [0.25, 0.3) is 109 Å². The quantitative estimate of drug-likeness (QED) is 0.159. The van der Waals surface area contributed by atoms with E-state index < -0.39 is 0 Å². The van der Waals surface area contributed by atoms with Gasteiger partial charge in [-0.05, 0) is 151 Å². The molecule has 57 heavy (non-hydrogen) atoms. The standard InChI is InChI=1S/C57H38/c1-57(2)54-32-38(26-28-48(54)49-29-27-40(33-55(49)57)43-21-11-13-36-12-3-4-14-42(36)43)37-24-22-35-23-25-39(31-41(35)30-37)52-34-53-46-17-6-5-15-44(46)45-16-7-9-19-50(45)56(53)51-20-10-8-18-47(51)52/h3-34H,1-2H3. The van der Waals surface area contributed by atoms with E-state index in [4.69, 9.17) is 0 Å². The summed E-state index contributed by atoms with van der Waals surface area (Å²) in [7, 11) is 0. The van der Waals surface area contributed by atoms with E-state index in [1.807, 2.05) is 0 Å². The molecular formula is C57H38. The number of fused-ring (bicyclic) bond motifs is 13. The van der Waals surface area contributed by atoms with Crippen molar-refractivity contribution in [2.24, 2.45) is 0 Å². The third kappa shape index (κ3) is 4.74. The topological polar surface area (TPSA) is 0 Å². The first-order valence-corrected chi connectivity index (χ1v) is 20.1. The summed E-state index contributed by atoms with van der Waals surface area (Å²) in [5.74, 6) is 0. The summed E-state index contributed by atoms with van der Waals surface area (Å²) in [6, 6.07) is 72.7. The Balaban J connectivity index is 0.974. The van der Waals surface area contributed by atoms with Crippen LogP contribution >= 0.6 is 0 Å². The van der Waals surface area contributed by atoms with Gasteiger partial charge in [-0.3, -0.25) is 0 Å². The molecule has 266 valence electrons. The van der Waals surface area contributed by atoms with E-state index in [0.29, 0.717) is 0 Å². The molecule has 0 N–H and O–H groups in total. The van der Waals surface area contributed by atoms with Crippen LogP contribution in [-0.2, 0) is 5.41 Å². The maximum atomic E-state index is 2.45. The van der Waals surface area contributed by atoms with Crippen molar-refractivity contribution in [2.75, 3.05) is 0 Å². The van der Waals surface area contributed by atoms with E-state index >= 15 is 0 Å². The highest BCUT2D eigenvalue weighted by molar-refractivity contribution is 6.33. The summed E-state index contributed by atoms with van der Waals surface area (Å²) in [6.45, 7) is 4.78. The molecule has 0 nitrogen and oxygen atoms in total. The SMILES string of the molecule is CC1(C)c2cc(-c3ccc4ccc(-c5cc6c7ccccc7c7ccccc7c6c6ccccc56)cc4c3)ccc2-c2ccc(-c3cccc4ccccc34)cc21. The number of benzene rings is 11. The lowest BCUT2D eigenvalue weighted by atomic mass is 9.80. The van der Waals surface area contributed by atoms with Crippen LogP contribution in [0.4, 0.5) is 0 Å². The molecule has 0 aliphatic heterocycles. The molecule has 0 saturated heterocycles. The van der Waals surface area contributed by atoms with Gasteiger partial charge in [-0.15, -0.1) is 0 Å². The Morgan fingerprint density at radius 2 is 0.737 bits per heavy atom. The van der Waals surface area contributed by atoms with Crippen molar-refractivity contribution in [1.82, 2.24) is 0 Å². The van der Waals surface area contributed by atoms with Gasteiger partial charge in [0, 0.05) is 5.41 Å². The van der Waals surface area contributed by atoms with Crippen molar-refractivity contribution >= 4 is 64.6 Å². The van der Waals surface area contributed by atoms with E-state index in [1.165, 1.54) is 120 Å². The molecule has 0 aromatic heterocycles. The highest BCUT2D eigenvalue weighted by Crippen LogP contribution is 2.51. The van der Waals surface area contributed by atoms with Crippen molar-refractivity contribution in [3.8, 4) is 44.5 Å². The highest BCUT2D eigenvalue weighted by atomic mass is 14.4. The predicted octanol–water partition coefficient (Wildman–Crippen LogP) is 15.9. The second kappa shape index (κ2) is 12.0. The van der Waals surface area contributed by atoms with E-state index in [9.17, 15) is 0 Å². The van der Waals surface area contributed by atoms with Crippen LogP contribution in [0, 0.1) is 0 Å². The summed E-state index contributed by atoms with van der Waals surface area (Å²) in [6.07, 6.45) is 0. The molecule has 0 bridgehead atoms. The monoisotopic (exact) mass is 722 g/mol. The Morgan fingerprint density at radius 1 is 0.263 bits per heavy atom. The molecule has 11 aromatic rings. The molecule has 0 radical (unpaired) electrons. The lowest BCUT2D eigenvalue weighted by molar-refractivity contribution is 0.661. The van der Waals surface area contributed by atoms with Crippen molar-refractivity contribution < 1.29 is 0 Å². The van der Waals surface area contributed by atoms with Crippen LogP contribution in [0.1, 0.15) is 25.0 Å². The summed E-state index contributed by atoms with van der Waals surface area (Å²) in [4.78, 5) is 0. The van der Waals surface area contributed by atoms with Crippen molar-refractivity contribution in [3.63, 3.8) is 0 Å². The van der Waals surface area contributed by atoms with Crippen LogP contribution < -0.4 is 0 Å². The molecule has 0 fully saturated rings. The summed E-state index contributed by atoms with van der Waals surface area (Å²) in [5.41, 5.74) is 12.9. The van der Waals surface area contributed by atoms with E-state index in [0.717, 1.165) is 0 Å². The van der Waals surface area contributed by atoms with Gasteiger partial charge in [0.05, 0.1) is 0 Å². The molecular weight excluding hydrogens is 685 g/mol. The Hall–Kier alpha value is -7.02. The van der Waals surface area contributed by atoms with Gasteiger partial charge in [0.25, 0.3) is 0 Å². The Kier molecular flexibility index (Phi) is 6.78. The average molecular weight is 723 g/mol. The first-order valence-electron chi connectivity index (χ1n) is 20.1. The van der Waals surface area contributed by atoms with Gasteiger partial charge in [-0.1, -0.05) is 178 Å². The van der Waals surface area contributed by atoms with Gasteiger partial charge < -0.3 is 0 Å². The third-order valence-electron chi connectivity index (χ3n) is 13.0. The molecule has 0 heteroatoms. The second-order valence-corrected chi connectivity index (χ2v) is 16.4. The van der Waals surface area contributed by atoms with Crippen molar-refractivity contribution in [2.45, 2.75) is 19.3 Å². The fourth-order valence-electron chi connectivity index (χ4n) is 10.2. The number of rotatable bonds is 3. The minimum absolute atomic E-state index is 0.127. The molecule has 0 atom stereocenters. The van der Waals surface area contributed by atoms with Gasteiger partial charge >= 0.3 is 0 Å². The zero-order valence-electron chi connectivity index (χ0n) is 32.0. The largest absolute Gasteiger partial charge is 0.0616 e. The van der Waals surface area contributed by atoms with Gasteiger partial charge in [0.1, 0.15) is 0 Å². The third-order valence-corrected chi connectivity index (χ3v) is 13.0. The Labute approximate surface area is 332 Å². The molecule has 11 aromatic carbocycles. The zero-order chi connectivity index (χ0) is 37.8. The van der Waals surface area contributed by atoms with Gasteiger partial charge in [-0.25, -0.2) is 0 Å². The smallest absolute Gasteiger partial charge is 0.0159 e. The van der Waals surface area contributed by atoms with E-state index in [2.05, 4.69) is 208 Å². The first-order chi connectivity index (χ1) is 28.0. The number of hydrogen-bond acceptors (Lipinski definition) is 0. The fraction of sp³-hybridized carbons (Fsp3) is 0.0526. The molecule has 0 heterocycles. The second-order valence-electron chi connectivity index (χ2n) is 16.4. The maximum absolute atomic E-state index is 2.45. The lowest BCUT2D eigenvalue weighted by Crippen LogP contribution is -2.15. The van der Waals surface area contributed by atoms with Crippen LogP contribution in [0.15, 0.2) is 194 Å². The molecule has 1 aliphatic rings. The van der Waals surface area contributed by atoms with Crippen LogP contribution in [0.5, 0.6) is 0 Å². The fourth-order valence-corrected chi connectivity index (χ4v) is 10.2. The molecule has 0 spiro atoms. The van der Waals surface area contributed by atoms with Gasteiger partial charge in [0.15, 0.2) is 0 Å². The zero-order valence-corrected chi connectivity index (χ0v) is 32.0. The van der Waals surface area contributed by atoms with Crippen molar-refractivity contribution in [3.05, 3.63) is 205 Å². The molecule has 0 saturated carbocycles. The summed E-state index contributed by atoms with van der Waals surface area (Å²) < 4.78 is 0. The number of hydrogen-bond donors (Lipinski definition) is 0. The van der Waals surface area contributed by atoms with Gasteiger partial charge in [-0.2, -0.15) is 0 Å². The summed E-state index contributed by atoms with van der Waals surface area (Å²) >= 11 is 0. The Morgan fingerprint density at radius 3 is 1.47 bits per heavy atom. The Bertz CT molecular complexity index is 3480. The van der Waals surface area contributed by atoms with Crippen LogP contribution in [0.2, 0.25) is 0 Å². The predicted molar refractivity (Wildman–Crippen MR) is 245 cm³/mol. The molecule has 0 unspecified atom stereocenters. The highest BCUT2D eigenvalue weighted by Gasteiger charge is 2.36. The average Bonchev–Trinajstić information content (AvgIpc) is 3.50. The molecule has 1 aliphatic carbocycles. The van der Waals surface area contributed by atoms with Crippen LogP contribution in [-0.4, -0.2) is 0 Å². The normalized spacial score (nSPS) is 13.2. The van der Waals surface area contributed by atoms with Gasteiger partial charge in [0.2, 0.25) is 0 Å². The minimum Gasteiger partial charge on any atom is -0.0616 e. The van der Waals surface area contributed by atoms with Crippen molar-refractivity contribution in [1.29, 1.82) is 0 Å². The van der Waals surface area contributed by atoms with E-state index in [1.54, 1.807) is 0 Å². The van der Waals surface area contributed by atoms with E-state index in [-0.39, 0.29) is 5.41 Å². The molecule has 12 rings (SSSR count). The lowest BCUT2D eigenvalue weighted by Gasteiger charge is -2.23.